The number of hydrogen-bond donors (Lipinski definition) is 2. The summed E-state index contributed by atoms with van der Waals surface area (Å²) in [5.41, 5.74) is 2.34. The van der Waals surface area contributed by atoms with Crippen molar-refractivity contribution in [1.82, 2.24) is 0 Å². The molecule has 0 heterocycles. The van der Waals surface area contributed by atoms with Gasteiger partial charge >= 0.3 is 0 Å². The van der Waals surface area contributed by atoms with Crippen molar-refractivity contribution in [3.05, 3.63) is 59.7 Å². The van der Waals surface area contributed by atoms with Gasteiger partial charge in [0.25, 0.3) is 0 Å². The number of aliphatic hydroxyl groups is 2. The molecule has 0 aliphatic heterocycles. The first-order valence-electron chi connectivity index (χ1n) is 6.98. The number of fused-ring (bicyclic) bond motifs is 3. The van der Waals surface area contributed by atoms with Crippen molar-refractivity contribution in [1.29, 1.82) is 0 Å². The molecule has 0 aliphatic rings. The summed E-state index contributed by atoms with van der Waals surface area (Å²) in [6, 6.07) is 16.9. The monoisotopic (exact) mass is 266 g/mol. The number of aliphatic hydroxyl groups excluding tert-OH is 2. The van der Waals surface area contributed by atoms with Crippen LogP contribution in [0.1, 0.15) is 11.1 Å². The molecule has 0 aromatic heterocycles. The molecule has 0 radical (unpaired) electrons. The van der Waals surface area contributed by atoms with Crippen molar-refractivity contribution in [3.8, 4) is 0 Å². The second kappa shape index (κ2) is 5.61. The van der Waals surface area contributed by atoms with Gasteiger partial charge in [0.05, 0.1) is 0 Å². The molecule has 102 valence electrons. The van der Waals surface area contributed by atoms with Gasteiger partial charge in [-0.1, -0.05) is 48.5 Å². The van der Waals surface area contributed by atoms with Gasteiger partial charge in [0, 0.05) is 13.2 Å². The van der Waals surface area contributed by atoms with E-state index in [0.717, 1.165) is 5.56 Å². The Bertz CT molecular complexity index is 747. The molecule has 0 saturated carbocycles. The van der Waals surface area contributed by atoms with Crippen LogP contribution >= 0.6 is 0 Å². The van der Waals surface area contributed by atoms with Crippen molar-refractivity contribution in [2.45, 2.75) is 12.8 Å². The van der Waals surface area contributed by atoms with Crippen LogP contribution in [-0.4, -0.2) is 23.4 Å². The number of hydrogen-bond acceptors (Lipinski definition) is 2. The van der Waals surface area contributed by atoms with E-state index in [-0.39, 0.29) is 13.2 Å². The Morgan fingerprint density at radius 3 is 2.30 bits per heavy atom. The quantitative estimate of drug-likeness (QED) is 0.712. The summed E-state index contributed by atoms with van der Waals surface area (Å²) in [4.78, 5) is 0. The molecule has 20 heavy (non-hydrogen) atoms. The molecule has 0 amide bonds. The number of rotatable bonds is 4. The smallest absolute Gasteiger partial charge is 0.0471 e. The minimum atomic E-state index is 0.173. The molecule has 0 bridgehead atoms. The van der Waals surface area contributed by atoms with Crippen LogP contribution in [0.4, 0.5) is 0 Å². The van der Waals surface area contributed by atoms with E-state index in [1.54, 1.807) is 0 Å². The molecule has 0 aliphatic carbocycles. The fourth-order valence-electron chi connectivity index (χ4n) is 2.84. The van der Waals surface area contributed by atoms with Gasteiger partial charge in [-0.15, -0.1) is 0 Å². The molecular weight excluding hydrogens is 248 g/mol. The summed E-state index contributed by atoms with van der Waals surface area (Å²) in [7, 11) is 0. The van der Waals surface area contributed by atoms with E-state index in [2.05, 4.69) is 48.5 Å². The predicted octanol–water partition coefficient (Wildman–Crippen LogP) is 3.06. The average molecular weight is 266 g/mol. The molecule has 3 aromatic rings. The van der Waals surface area contributed by atoms with E-state index < -0.39 is 0 Å². The Balaban J connectivity index is 2.23. The van der Waals surface area contributed by atoms with Gasteiger partial charge in [-0.2, -0.15) is 0 Å². The lowest BCUT2D eigenvalue weighted by Gasteiger charge is -2.09. The normalized spacial score (nSPS) is 11.3. The third-order valence-corrected chi connectivity index (χ3v) is 3.81. The van der Waals surface area contributed by atoms with Gasteiger partial charge in [-0.25, -0.2) is 0 Å². The highest BCUT2D eigenvalue weighted by molar-refractivity contribution is 6.08. The van der Waals surface area contributed by atoms with E-state index >= 15 is 0 Å². The molecule has 0 spiro atoms. The van der Waals surface area contributed by atoms with Crippen molar-refractivity contribution in [3.63, 3.8) is 0 Å². The van der Waals surface area contributed by atoms with Crippen LogP contribution in [0.15, 0.2) is 48.5 Å². The molecule has 0 fully saturated rings. The lowest BCUT2D eigenvalue weighted by atomic mass is 9.96. The minimum absolute atomic E-state index is 0.173. The Morgan fingerprint density at radius 1 is 0.700 bits per heavy atom. The maximum atomic E-state index is 9.16. The maximum absolute atomic E-state index is 9.16. The maximum Gasteiger partial charge on any atom is 0.0471 e. The Labute approximate surface area is 118 Å². The lowest BCUT2D eigenvalue weighted by Crippen LogP contribution is -1.93. The van der Waals surface area contributed by atoms with E-state index in [1.165, 1.54) is 27.1 Å². The van der Waals surface area contributed by atoms with Crippen molar-refractivity contribution < 1.29 is 10.2 Å². The fraction of sp³-hybridized carbons (Fsp3) is 0.222. The first-order chi connectivity index (χ1) is 9.83. The van der Waals surface area contributed by atoms with Crippen LogP contribution in [0.2, 0.25) is 0 Å². The van der Waals surface area contributed by atoms with Crippen molar-refractivity contribution in [2.24, 2.45) is 0 Å². The van der Waals surface area contributed by atoms with Gasteiger partial charge < -0.3 is 10.2 Å². The largest absolute Gasteiger partial charge is 0.396 e. The highest BCUT2D eigenvalue weighted by atomic mass is 16.3. The van der Waals surface area contributed by atoms with Crippen LogP contribution in [0, 0.1) is 0 Å². The molecule has 2 nitrogen and oxygen atoms in total. The number of benzene rings is 3. The molecular formula is C18H18O2. The van der Waals surface area contributed by atoms with Gasteiger partial charge in [-0.3, -0.25) is 0 Å². The topological polar surface area (TPSA) is 40.5 Å². The standard InChI is InChI=1S/C18H18O2/c19-10-8-13-4-6-17-15(12-13)5-7-16-14(9-11-20)2-1-3-18(16)17/h1-7,12,19-20H,8-11H2. The molecule has 2 heteroatoms. The van der Waals surface area contributed by atoms with Gasteiger partial charge in [0.2, 0.25) is 0 Å². The first kappa shape index (κ1) is 13.1. The highest BCUT2D eigenvalue weighted by Gasteiger charge is 2.05. The summed E-state index contributed by atoms with van der Waals surface area (Å²) in [5.74, 6) is 0. The van der Waals surface area contributed by atoms with E-state index in [0.29, 0.717) is 12.8 Å². The molecule has 0 saturated heterocycles. The van der Waals surface area contributed by atoms with E-state index in [1.807, 2.05) is 0 Å². The van der Waals surface area contributed by atoms with Crippen LogP contribution in [-0.2, 0) is 12.8 Å². The Morgan fingerprint density at radius 2 is 1.50 bits per heavy atom. The fourth-order valence-corrected chi connectivity index (χ4v) is 2.84. The molecule has 2 N–H and O–H groups in total. The lowest BCUT2D eigenvalue weighted by molar-refractivity contribution is 0.299. The highest BCUT2D eigenvalue weighted by Crippen LogP contribution is 2.28. The SMILES string of the molecule is OCCc1ccc2c(ccc3c(CCO)cccc32)c1. The zero-order valence-corrected chi connectivity index (χ0v) is 11.3. The Kier molecular flexibility index (Phi) is 3.68. The van der Waals surface area contributed by atoms with Crippen LogP contribution in [0.25, 0.3) is 21.5 Å². The van der Waals surface area contributed by atoms with Gasteiger partial charge in [0.15, 0.2) is 0 Å². The summed E-state index contributed by atoms with van der Waals surface area (Å²) >= 11 is 0. The van der Waals surface area contributed by atoms with E-state index in [9.17, 15) is 0 Å². The van der Waals surface area contributed by atoms with Crippen molar-refractivity contribution in [2.75, 3.05) is 13.2 Å². The van der Waals surface area contributed by atoms with Crippen LogP contribution in [0.3, 0.4) is 0 Å². The summed E-state index contributed by atoms with van der Waals surface area (Å²) < 4.78 is 0. The first-order valence-corrected chi connectivity index (χ1v) is 6.98. The summed E-state index contributed by atoms with van der Waals surface area (Å²) in [5, 5.41) is 23.1. The van der Waals surface area contributed by atoms with Crippen LogP contribution in [0.5, 0.6) is 0 Å². The average Bonchev–Trinajstić information content (AvgIpc) is 2.48. The predicted molar refractivity (Wildman–Crippen MR) is 83.0 cm³/mol. The molecule has 3 aromatic carbocycles. The summed E-state index contributed by atoms with van der Waals surface area (Å²) in [6.07, 6.45) is 1.38. The molecule has 0 atom stereocenters. The van der Waals surface area contributed by atoms with Gasteiger partial charge in [-0.05, 0) is 45.5 Å². The van der Waals surface area contributed by atoms with E-state index in [4.69, 9.17) is 10.2 Å². The zero-order valence-electron chi connectivity index (χ0n) is 11.3. The third-order valence-electron chi connectivity index (χ3n) is 3.81. The summed E-state index contributed by atoms with van der Waals surface area (Å²) in [6.45, 7) is 0.353. The third kappa shape index (κ3) is 2.28. The van der Waals surface area contributed by atoms with Crippen molar-refractivity contribution >= 4 is 21.5 Å². The van der Waals surface area contributed by atoms with Gasteiger partial charge in [0.1, 0.15) is 0 Å². The second-order valence-corrected chi connectivity index (χ2v) is 5.08. The second-order valence-electron chi connectivity index (χ2n) is 5.08. The molecule has 3 rings (SSSR count). The van der Waals surface area contributed by atoms with Crippen LogP contribution < -0.4 is 0 Å². The zero-order chi connectivity index (χ0) is 13.9. The minimum Gasteiger partial charge on any atom is -0.396 e. The Hall–Kier alpha value is -1.90. The molecule has 0 unspecified atom stereocenters.